The van der Waals surface area contributed by atoms with Gasteiger partial charge in [0.25, 0.3) is 5.91 Å². The third-order valence-corrected chi connectivity index (χ3v) is 5.16. The van der Waals surface area contributed by atoms with E-state index < -0.39 is 7.12 Å². The first-order chi connectivity index (χ1) is 10.6. The van der Waals surface area contributed by atoms with Gasteiger partial charge in [0.15, 0.2) is 0 Å². The van der Waals surface area contributed by atoms with Crippen LogP contribution in [0.2, 0.25) is 0 Å². The van der Waals surface area contributed by atoms with Crippen molar-refractivity contribution in [3.63, 3.8) is 0 Å². The van der Waals surface area contributed by atoms with Gasteiger partial charge in [0.1, 0.15) is 0 Å². The van der Waals surface area contributed by atoms with E-state index in [2.05, 4.69) is 0 Å². The van der Waals surface area contributed by atoms with E-state index in [0.29, 0.717) is 18.7 Å². The molecule has 2 fully saturated rings. The van der Waals surface area contributed by atoms with Gasteiger partial charge in [0.05, 0.1) is 17.3 Å². The molecule has 5 nitrogen and oxygen atoms in total. The van der Waals surface area contributed by atoms with Gasteiger partial charge in [-0.3, -0.25) is 4.79 Å². The first-order valence-corrected chi connectivity index (χ1v) is 8.04. The van der Waals surface area contributed by atoms with Crippen molar-refractivity contribution in [1.82, 2.24) is 4.90 Å². The van der Waals surface area contributed by atoms with Gasteiger partial charge in [-0.25, -0.2) is 0 Å². The SMILES string of the molecule is Cc1cc(B2OC(C)(C)C(C)(C)O2)ccc1C(=O)N1CC(O)C1. The maximum Gasteiger partial charge on any atom is 0.494 e. The lowest BCUT2D eigenvalue weighted by atomic mass is 9.77. The molecule has 23 heavy (non-hydrogen) atoms. The van der Waals surface area contributed by atoms with Crippen LogP contribution in [0.5, 0.6) is 0 Å². The number of amides is 1. The number of aliphatic hydroxyl groups is 1. The zero-order chi connectivity index (χ0) is 17.0. The molecule has 1 N–H and O–H groups in total. The molecule has 0 bridgehead atoms. The number of nitrogens with zero attached hydrogens (tertiary/aromatic N) is 1. The molecule has 0 saturated carbocycles. The van der Waals surface area contributed by atoms with E-state index >= 15 is 0 Å². The molecule has 0 unspecified atom stereocenters. The summed E-state index contributed by atoms with van der Waals surface area (Å²) in [4.78, 5) is 14.0. The maximum absolute atomic E-state index is 12.4. The fourth-order valence-corrected chi connectivity index (χ4v) is 2.84. The molecule has 124 valence electrons. The molecule has 0 atom stereocenters. The Morgan fingerprint density at radius 3 is 2.26 bits per heavy atom. The molecule has 6 heteroatoms. The highest BCUT2D eigenvalue weighted by Crippen LogP contribution is 2.36. The third kappa shape index (κ3) is 2.79. The average molecular weight is 317 g/mol. The predicted octanol–water partition coefficient (Wildman–Crippen LogP) is 1.11. The van der Waals surface area contributed by atoms with Crippen molar-refractivity contribution in [3.05, 3.63) is 29.3 Å². The second-order valence-electron chi connectivity index (χ2n) is 7.53. The number of aryl methyl sites for hydroxylation is 1. The summed E-state index contributed by atoms with van der Waals surface area (Å²) in [6, 6.07) is 5.66. The maximum atomic E-state index is 12.4. The Morgan fingerprint density at radius 1 is 1.22 bits per heavy atom. The van der Waals surface area contributed by atoms with Crippen molar-refractivity contribution in [2.75, 3.05) is 13.1 Å². The lowest BCUT2D eigenvalue weighted by Crippen LogP contribution is -2.53. The normalized spacial score (nSPS) is 23.0. The van der Waals surface area contributed by atoms with Crippen LogP contribution >= 0.6 is 0 Å². The van der Waals surface area contributed by atoms with Crippen LogP contribution in [0.3, 0.4) is 0 Å². The highest BCUT2D eigenvalue weighted by Gasteiger charge is 2.51. The lowest BCUT2D eigenvalue weighted by Gasteiger charge is -2.36. The highest BCUT2D eigenvalue weighted by molar-refractivity contribution is 6.62. The molecule has 0 spiro atoms. The number of carbonyl (C=O) groups is 1. The molecule has 1 amide bonds. The standard InChI is InChI=1S/C17H24BNO4/c1-11-8-12(18-22-16(2,3)17(4,5)23-18)6-7-14(11)15(21)19-9-13(20)10-19/h6-8,13,20H,9-10H2,1-5H3. The van der Waals surface area contributed by atoms with Crippen molar-refractivity contribution >= 4 is 18.5 Å². The number of hydrogen-bond acceptors (Lipinski definition) is 4. The number of β-amino-alcohol motifs (C(OH)–C–C–N with tert-alkyl or cyclic N) is 1. The molecular formula is C17H24BNO4. The fourth-order valence-electron chi connectivity index (χ4n) is 2.84. The van der Waals surface area contributed by atoms with Crippen LogP contribution in [0.4, 0.5) is 0 Å². The zero-order valence-electron chi connectivity index (χ0n) is 14.4. The van der Waals surface area contributed by atoms with Gasteiger partial charge in [-0.2, -0.15) is 0 Å². The Hall–Kier alpha value is -1.37. The summed E-state index contributed by atoms with van der Waals surface area (Å²) in [6.45, 7) is 10.8. The minimum atomic E-state index is -0.423. The fraction of sp³-hybridized carbons (Fsp3) is 0.588. The molecule has 3 rings (SSSR count). The van der Waals surface area contributed by atoms with Crippen LogP contribution in [0.1, 0.15) is 43.6 Å². The number of likely N-dealkylation sites (tertiary alicyclic amines) is 1. The van der Waals surface area contributed by atoms with Crippen molar-refractivity contribution in [3.8, 4) is 0 Å². The van der Waals surface area contributed by atoms with Gasteiger partial charge >= 0.3 is 7.12 Å². The highest BCUT2D eigenvalue weighted by atomic mass is 16.7. The second kappa shape index (κ2) is 5.33. The van der Waals surface area contributed by atoms with E-state index in [9.17, 15) is 9.90 Å². The van der Waals surface area contributed by atoms with Crippen molar-refractivity contribution < 1.29 is 19.2 Å². The molecule has 1 aromatic carbocycles. The summed E-state index contributed by atoms with van der Waals surface area (Å²) in [5, 5.41) is 9.34. The number of aliphatic hydroxyl groups excluding tert-OH is 1. The van der Waals surface area contributed by atoms with Crippen LogP contribution < -0.4 is 5.46 Å². The van der Waals surface area contributed by atoms with Crippen LogP contribution in [0, 0.1) is 6.92 Å². The Balaban J connectivity index is 1.79. The first kappa shape index (κ1) is 16.5. The molecule has 0 aromatic heterocycles. The Kier molecular flexibility index (Phi) is 3.82. The van der Waals surface area contributed by atoms with Gasteiger partial charge in [-0.05, 0) is 51.7 Å². The summed E-state index contributed by atoms with van der Waals surface area (Å²) in [7, 11) is -0.423. The predicted molar refractivity (Wildman–Crippen MR) is 88.8 cm³/mol. The summed E-state index contributed by atoms with van der Waals surface area (Å²) in [6.07, 6.45) is -0.386. The minimum absolute atomic E-state index is 0.0340. The molecule has 2 heterocycles. The van der Waals surface area contributed by atoms with E-state index in [1.165, 1.54) is 0 Å². The minimum Gasteiger partial charge on any atom is -0.399 e. The smallest absolute Gasteiger partial charge is 0.399 e. The van der Waals surface area contributed by atoms with Gasteiger partial charge in [-0.15, -0.1) is 0 Å². The summed E-state index contributed by atoms with van der Waals surface area (Å²) < 4.78 is 12.1. The summed E-state index contributed by atoms with van der Waals surface area (Å²) >= 11 is 0. The Bertz CT molecular complexity index is 621. The first-order valence-electron chi connectivity index (χ1n) is 8.04. The molecular weight excluding hydrogens is 293 g/mol. The monoisotopic (exact) mass is 317 g/mol. The van der Waals surface area contributed by atoms with Crippen molar-refractivity contribution in [1.29, 1.82) is 0 Å². The lowest BCUT2D eigenvalue weighted by molar-refractivity contribution is 0.00578. The molecule has 0 aliphatic carbocycles. The number of hydrogen-bond donors (Lipinski definition) is 1. The summed E-state index contributed by atoms with van der Waals surface area (Å²) in [5.74, 6) is -0.0340. The third-order valence-electron chi connectivity index (χ3n) is 5.16. The van der Waals surface area contributed by atoms with Crippen LogP contribution in [-0.2, 0) is 9.31 Å². The van der Waals surface area contributed by atoms with Crippen LogP contribution in [-0.4, -0.2) is 53.4 Å². The average Bonchev–Trinajstić information content (AvgIpc) is 2.63. The molecule has 1 aromatic rings. The molecule has 2 aliphatic heterocycles. The van der Waals surface area contributed by atoms with Gasteiger partial charge in [-0.1, -0.05) is 12.1 Å². The second-order valence-corrected chi connectivity index (χ2v) is 7.53. The largest absolute Gasteiger partial charge is 0.494 e. The molecule has 2 aliphatic rings. The van der Waals surface area contributed by atoms with E-state index in [0.717, 1.165) is 11.0 Å². The van der Waals surface area contributed by atoms with Crippen LogP contribution in [0.25, 0.3) is 0 Å². The zero-order valence-corrected chi connectivity index (χ0v) is 14.4. The van der Waals surface area contributed by atoms with Gasteiger partial charge in [0.2, 0.25) is 0 Å². The van der Waals surface area contributed by atoms with Gasteiger partial charge in [0, 0.05) is 18.7 Å². The van der Waals surface area contributed by atoms with E-state index in [-0.39, 0.29) is 23.2 Å². The van der Waals surface area contributed by atoms with Crippen LogP contribution in [0.15, 0.2) is 18.2 Å². The topological polar surface area (TPSA) is 59.0 Å². The number of carbonyl (C=O) groups excluding carboxylic acids is 1. The number of benzene rings is 1. The quantitative estimate of drug-likeness (QED) is 0.830. The van der Waals surface area contributed by atoms with E-state index in [1.54, 1.807) is 4.90 Å². The Labute approximate surface area is 137 Å². The van der Waals surface area contributed by atoms with E-state index in [4.69, 9.17) is 9.31 Å². The van der Waals surface area contributed by atoms with Gasteiger partial charge < -0.3 is 19.3 Å². The van der Waals surface area contributed by atoms with Crippen molar-refractivity contribution in [2.24, 2.45) is 0 Å². The van der Waals surface area contributed by atoms with Crippen molar-refractivity contribution in [2.45, 2.75) is 51.9 Å². The molecule has 2 saturated heterocycles. The van der Waals surface area contributed by atoms with E-state index in [1.807, 2.05) is 52.8 Å². The number of rotatable bonds is 2. The summed E-state index contributed by atoms with van der Waals surface area (Å²) in [5.41, 5.74) is 1.71. The molecule has 0 radical (unpaired) electrons. The Morgan fingerprint density at radius 2 is 1.78 bits per heavy atom.